The lowest BCUT2D eigenvalue weighted by atomic mass is 10.5. The number of aromatic amines is 1. The zero-order chi connectivity index (χ0) is 14.9. The van der Waals surface area contributed by atoms with Crippen LogP contribution in [-0.4, -0.2) is 38.4 Å². The second-order valence-corrected chi connectivity index (χ2v) is 5.67. The normalized spacial score (nSPS) is 11.9. The van der Waals surface area contributed by atoms with E-state index in [2.05, 4.69) is 35.8 Å². The number of sulfonamides is 1. The minimum absolute atomic E-state index is 0.0433. The van der Waals surface area contributed by atoms with Crippen molar-refractivity contribution in [3.63, 3.8) is 0 Å². The Morgan fingerprint density at radius 1 is 1.38 bits per heavy atom. The first-order valence-corrected chi connectivity index (χ1v) is 7.26. The monoisotopic (exact) mass is 309 g/mol. The minimum Gasteiger partial charge on any atom is -0.306 e. The van der Waals surface area contributed by atoms with E-state index >= 15 is 0 Å². The number of H-pyrrole nitrogens is 1. The predicted molar refractivity (Wildman–Crippen MR) is 71.2 cm³/mol. The summed E-state index contributed by atoms with van der Waals surface area (Å²) >= 11 is 0. The van der Waals surface area contributed by atoms with Crippen LogP contribution in [0.1, 0.15) is 5.82 Å². The van der Waals surface area contributed by atoms with E-state index in [1.807, 2.05) is 0 Å². The van der Waals surface area contributed by atoms with E-state index in [0.29, 0.717) is 5.65 Å². The van der Waals surface area contributed by atoms with Gasteiger partial charge in [0.2, 0.25) is 0 Å². The quantitative estimate of drug-likeness (QED) is 0.331. The number of fused-ring (bicyclic) bond motifs is 1. The molecule has 5 N–H and O–H groups in total. The van der Waals surface area contributed by atoms with Crippen LogP contribution in [-0.2, 0) is 16.6 Å². The van der Waals surface area contributed by atoms with Crippen LogP contribution in [0.3, 0.4) is 0 Å². The fourth-order valence-corrected chi connectivity index (χ4v) is 3.04. The van der Waals surface area contributed by atoms with Crippen LogP contribution in [0, 0.1) is 0 Å². The van der Waals surface area contributed by atoms with E-state index in [1.54, 1.807) is 24.4 Å². The third-order valence-corrected chi connectivity index (χ3v) is 4.11. The van der Waals surface area contributed by atoms with Gasteiger partial charge in [0.25, 0.3) is 10.0 Å². The molecule has 0 amide bonds. The fraction of sp³-hybridized carbons (Fsp3) is 0.111. The van der Waals surface area contributed by atoms with Crippen molar-refractivity contribution in [1.29, 1.82) is 0 Å². The van der Waals surface area contributed by atoms with Gasteiger partial charge in [-0.25, -0.2) is 24.0 Å². The average molecular weight is 309 g/mol. The Morgan fingerprint density at radius 2 is 2.24 bits per heavy atom. The number of tetrazole rings is 1. The van der Waals surface area contributed by atoms with Gasteiger partial charge in [0.05, 0.1) is 6.54 Å². The molecule has 0 fully saturated rings. The SMILES string of the molecule is NNc1nc2ccccn2c1S(=O)(=O)NCc1nn[nH]n1. The number of hydrazine groups is 1. The second-order valence-electron chi connectivity index (χ2n) is 3.99. The molecule has 3 heterocycles. The van der Waals surface area contributed by atoms with Crippen LogP contribution in [0.4, 0.5) is 5.82 Å². The summed E-state index contributed by atoms with van der Waals surface area (Å²) in [5, 5.41) is 12.8. The molecule has 0 saturated heterocycles. The number of imidazole rings is 1. The topological polar surface area (TPSA) is 156 Å². The van der Waals surface area contributed by atoms with Crippen LogP contribution >= 0.6 is 0 Å². The third-order valence-electron chi connectivity index (χ3n) is 2.69. The number of nitrogens with one attached hydrogen (secondary N) is 3. The summed E-state index contributed by atoms with van der Waals surface area (Å²) in [6, 6.07) is 5.10. The summed E-state index contributed by atoms with van der Waals surface area (Å²) in [5.41, 5.74) is 2.73. The number of nitrogen functional groups attached to an aromatic ring is 1. The van der Waals surface area contributed by atoms with Gasteiger partial charge in [0.15, 0.2) is 16.7 Å². The maximum atomic E-state index is 12.4. The molecule has 0 aliphatic carbocycles. The molecule has 110 valence electrons. The Bertz CT molecular complexity index is 855. The van der Waals surface area contributed by atoms with E-state index in [4.69, 9.17) is 5.84 Å². The van der Waals surface area contributed by atoms with Crippen molar-refractivity contribution < 1.29 is 8.42 Å². The fourth-order valence-electron chi connectivity index (χ4n) is 1.81. The highest BCUT2D eigenvalue weighted by Gasteiger charge is 2.25. The molecule has 3 rings (SSSR count). The number of anilines is 1. The summed E-state index contributed by atoms with van der Waals surface area (Å²) in [6.45, 7) is -0.108. The lowest BCUT2D eigenvalue weighted by molar-refractivity contribution is 0.574. The van der Waals surface area contributed by atoms with Gasteiger partial charge < -0.3 is 5.43 Å². The van der Waals surface area contributed by atoms with Crippen molar-refractivity contribution >= 4 is 21.5 Å². The molecule has 0 unspecified atom stereocenters. The Kier molecular flexibility index (Phi) is 3.25. The second kappa shape index (κ2) is 5.08. The molecule has 3 aromatic rings. The highest BCUT2D eigenvalue weighted by molar-refractivity contribution is 7.89. The maximum Gasteiger partial charge on any atom is 0.260 e. The summed E-state index contributed by atoms with van der Waals surface area (Å²) in [6.07, 6.45) is 1.58. The van der Waals surface area contributed by atoms with Crippen molar-refractivity contribution in [3.05, 3.63) is 30.2 Å². The van der Waals surface area contributed by atoms with Gasteiger partial charge in [-0.2, -0.15) is 5.21 Å². The number of hydrogen-bond acceptors (Lipinski definition) is 8. The van der Waals surface area contributed by atoms with E-state index in [-0.39, 0.29) is 23.2 Å². The maximum absolute atomic E-state index is 12.4. The van der Waals surface area contributed by atoms with Gasteiger partial charge in [-0.05, 0) is 12.1 Å². The lowest BCUT2D eigenvalue weighted by Gasteiger charge is -2.06. The zero-order valence-corrected chi connectivity index (χ0v) is 11.4. The average Bonchev–Trinajstić information content (AvgIpc) is 3.12. The van der Waals surface area contributed by atoms with Crippen LogP contribution in [0.2, 0.25) is 0 Å². The number of nitrogens with two attached hydrogens (primary N) is 1. The molecule has 0 aromatic carbocycles. The van der Waals surface area contributed by atoms with Crippen LogP contribution in [0.15, 0.2) is 29.4 Å². The Hall–Kier alpha value is -2.57. The molecule has 0 aliphatic heterocycles. The molecular formula is C9H11N9O2S. The number of aromatic nitrogens is 6. The van der Waals surface area contributed by atoms with Crippen molar-refractivity contribution in [3.8, 4) is 0 Å². The van der Waals surface area contributed by atoms with Gasteiger partial charge in [0.1, 0.15) is 5.65 Å². The standard InChI is InChI=1S/C9H11N9O2S/c10-13-8-9(18-4-2-1-3-7(18)12-8)21(19,20)11-5-6-14-16-17-15-6/h1-4,11,13H,5,10H2,(H,14,15,16,17). The number of rotatable bonds is 5. The zero-order valence-electron chi connectivity index (χ0n) is 10.6. The minimum atomic E-state index is -3.88. The molecule has 0 saturated carbocycles. The highest BCUT2D eigenvalue weighted by Crippen LogP contribution is 2.21. The third kappa shape index (κ3) is 2.42. The lowest BCUT2D eigenvalue weighted by Crippen LogP contribution is -2.26. The highest BCUT2D eigenvalue weighted by atomic mass is 32.2. The summed E-state index contributed by atoms with van der Waals surface area (Å²) < 4.78 is 28.6. The first-order chi connectivity index (χ1) is 10.1. The van der Waals surface area contributed by atoms with Crippen molar-refractivity contribution in [2.45, 2.75) is 11.6 Å². The van der Waals surface area contributed by atoms with Crippen molar-refractivity contribution in [2.75, 3.05) is 5.43 Å². The predicted octanol–water partition coefficient (Wildman–Crippen LogP) is -1.39. The molecule has 11 nitrogen and oxygen atoms in total. The van der Waals surface area contributed by atoms with Crippen LogP contribution in [0.25, 0.3) is 5.65 Å². The molecular weight excluding hydrogens is 298 g/mol. The van der Waals surface area contributed by atoms with Crippen LogP contribution in [0.5, 0.6) is 0 Å². The first-order valence-electron chi connectivity index (χ1n) is 5.77. The largest absolute Gasteiger partial charge is 0.306 e. The van der Waals surface area contributed by atoms with Gasteiger partial charge in [0, 0.05) is 6.20 Å². The van der Waals surface area contributed by atoms with Crippen molar-refractivity contribution in [1.82, 2.24) is 34.7 Å². The van der Waals surface area contributed by atoms with E-state index in [0.717, 1.165) is 0 Å². The first kappa shape index (κ1) is 13.4. The Balaban J connectivity index is 2.01. The number of nitrogens with zero attached hydrogens (tertiary/aromatic N) is 5. The molecule has 0 aliphatic rings. The van der Waals surface area contributed by atoms with E-state index in [1.165, 1.54) is 4.40 Å². The summed E-state index contributed by atoms with van der Waals surface area (Å²) in [7, 11) is -3.88. The smallest absolute Gasteiger partial charge is 0.260 e. The number of pyridine rings is 1. The van der Waals surface area contributed by atoms with Crippen LogP contribution < -0.4 is 16.0 Å². The molecule has 3 aromatic heterocycles. The van der Waals surface area contributed by atoms with E-state index < -0.39 is 10.0 Å². The molecule has 0 atom stereocenters. The van der Waals surface area contributed by atoms with Gasteiger partial charge in [-0.15, -0.1) is 10.2 Å². The van der Waals surface area contributed by atoms with E-state index in [9.17, 15) is 8.42 Å². The number of hydrogen-bond donors (Lipinski definition) is 4. The summed E-state index contributed by atoms with van der Waals surface area (Å²) in [5.74, 6) is 5.60. The molecule has 0 spiro atoms. The molecule has 21 heavy (non-hydrogen) atoms. The molecule has 0 radical (unpaired) electrons. The molecule has 0 bridgehead atoms. The van der Waals surface area contributed by atoms with Crippen molar-refractivity contribution in [2.24, 2.45) is 5.84 Å². The Morgan fingerprint density at radius 3 is 2.95 bits per heavy atom. The van der Waals surface area contributed by atoms with Gasteiger partial charge >= 0.3 is 0 Å². The van der Waals surface area contributed by atoms with Gasteiger partial charge in [-0.1, -0.05) is 11.3 Å². The summed E-state index contributed by atoms with van der Waals surface area (Å²) in [4.78, 5) is 4.10. The Labute approximate surface area is 118 Å². The molecule has 12 heteroatoms. The van der Waals surface area contributed by atoms with Gasteiger partial charge in [-0.3, -0.25) is 4.40 Å².